The van der Waals surface area contributed by atoms with E-state index in [1.165, 1.54) is 0 Å². The number of hydrogen-bond acceptors (Lipinski definition) is 6. The molecule has 1 saturated carbocycles. The summed E-state index contributed by atoms with van der Waals surface area (Å²) in [6.45, 7) is -0.0622. The maximum atomic E-state index is 12.5. The molecule has 1 N–H and O–H groups in total. The zero-order valence-electron chi connectivity index (χ0n) is 15.3. The van der Waals surface area contributed by atoms with E-state index in [0.717, 1.165) is 17.7 Å². The fraction of sp³-hybridized carbons (Fsp3) is 0.474. The number of rotatable bonds is 5. The van der Waals surface area contributed by atoms with Gasteiger partial charge in [0.05, 0.1) is 6.54 Å². The molecule has 2 fully saturated rings. The smallest absolute Gasteiger partial charge is 0.334 e. The zero-order chi connectivity index (χ0) is 19.7. The summed E-state index contributed by atoms with van der Waals surface area (Å²) in [5.74, 6) is -1.09. The van der Waals surface area contributed by atoms with Gasteiger partial charge in [0.2, 0.25) is 5.91 Å². The Hall–Kier alpha value is -3.10. The van der Waals surface area contributed by atoms with Crippen LogP contribution >= 0.6 is 0 Å². The van der Waals surface area contributed by atoms with Gasteiger partial charge in [-0.1, -0.05) is 25.0 Å². The number of imide groups is 2. The SMILES string of the molecule is O=C(CN1C(=O)C(=O)N(C2CCCC2)C1=O)NC[C@@H]1COc2ccccc2O1. The lowest BCUT2D eigenvalue weighted by atomic mass is 10.2. The van der Waals surface area contributed by atoms with E-state index in [9.17, 15) is 19.2 Å². The van der Waals surface area contributed by atoms with Crippen LogP contribution in [0, 0.1) is 0 Å². The highest BCUT2D eigenvalue weighted by molar-refractivity contribution is 6.45. The number of carbonyl (C=O) groups is 4. The minimum Gasteiger partial charge on any atom is -0.486 e. The summed E-state index contributed by atoms with van der Waals surface area (Å²) in [7, 11) is 0. The molecule has 2 heterocycles. The normalized spacial score (nSPS) is 22.1. The van der Waals surface area contributed by atoms with Crippen molar-refractivity contribution in [2.75, 3.05) is 19.7 Å². The summed E-state index contributed by atoms with van der Waals surface area (Å²) >= 11 is 0. The van der Waals surface area contributed by atoms with Crippen LogP contribution in [-0.2, 0) is 14.4 Å². The first-order chi connectivity index (χ1) is 13.5. The van der Waals surface area contributed by atoms with Crippen molar-refractivity contribution in [2.24, 2.45) is 0 Å². The number of urea groups is 1. The molecular weight excluding hydrogens is 366 g/mol. The highest BCUT2D eigenvalue weighted by Crippen LogP contribution is 2.30. The Bertz CT molecular complexity index is 820. The molecule has 28 heavy (non-hydrogen) atoms. The number of carbonyl (C=O) groups excluding carboxylic acids is 4. The number of para-hydroxylation sites is 2. The van der Waals surface area contributed by atoms with Gasteiger partial charge in [0.1, 0.15) is 19.3 Å². The van der Waals surface area contributed by atoms with Crippen molar-refractivity contribution in [3.05, 3.63) is 24.3 Å². The Kier molecular flexibility index (Phi) is 4.89. The number of fused-ring (bicyclic) bond motifs is 1. The van der Waals surface area contributed by atoms with Crippen LogP contribution in [0.5, 0.6) is 11.5 Å². The van der Waals surface area contributed by atoms with E-state index in [4.69, 9.17) is 9.47 Å². The lowest BCUT2D eigenvalue weighted by Crippen LogP contribution is -2.46. The van der Waals surface area contributed by atoms with Gasteiger partial charge in [-0.15, -0.1) is 0 Å². The second-order valence-electron chi connectivity index (χ2n) is 7.09. The summed E-state index contributed by atoms with van der Waals surface area (Å²) in [6, 6.07) is 6.27. The first-order valence-corrected chi connectivity index (χ1v) is 9.39. The van der Waals surface area contributed by atoms with Gasteiger partial charge in [0.25, 0.3) is 0 Å². The number of nitrogens with zero attached hydrogens (tertiary/aromatic N) is 2. The van der Waals surface area contributed by atoms with Crippen molar-refractivity contribution in [2.45, 2.75) is 37.8 Å². The fourth-order valence-electron chi connectivity index (χ4n) is 3.74. The van der Waals surface area contributed by atoms with Gasteiger partial charge in [-0.3, -0.25) is 19.3 Å². The largest absolute Gasteiger partial charge is 0.486 e. The first-order valence-electron chi connectivity index (χ1n) is 9.39. The molecule has 1 aliphatic carbocycles. The molecule has 0 unspecified atom stereocenters. The number of ether oxygens (including phenoxy) is 2. The number of nitrogens with one attached hydrogen (secondary N) is 1. The first kappa shape index (κ1) is 18.3. The monoisotopic (exact) mass is 387 g/mol. The molecule has 3 aliphatic rings. The zero-order valence-corrected chi connectivity index (χ0v) is 15.3. The van der Waals surface area contributed by atoms with Crippen LogP contribution in [0.2, 0.25) is 0 Å². The van der Waals surface area contributed by atoms with E-state index in [1.807, 2.05) is 12.1 Å². The van der Waals surface area contributed by atoms with Gasteiger partial charge in [-0.05, 0) is 25.0 Å². The van der Waals surface area contributed by atoms with Gasteiger partial charge >= 0.3 is 17.8 Å². The van der Waals surface area contributed by atoms with E-state index >= 15 is 0 Å². The van der Waals surface area contributed by atoms with E-state index in [-0.39, 0.29) is 25.3 Å². The molecule has 5 amide bonds. The second-order valence-corrected chi connectivity index (χ2v) is 7.09. The highest BCUT2D eigenvalue weighted by Gasteiger charge is 2.48. The Labute approximate surface area is 161 Å². The van der Waals surface area contributed by atoms with E-state index < -0.39 is 30.3 Å². The number of benzene rings is 1. The Balaban J connectivity index is 1.31. The number of amides is 5. The third-order valence-electron chi connectivity index (χ3n) is 5.17. The van der Waals surface area contributed by atoms with Crippen LogP contribution in [0.25, 0.3) is 0 Å². The fourth-order valence-corrected chi connectivity index (χ4v) is 3.74. The average molecular weight is 387 g/mol. The Morgan fingerprint density at radius 3 is 2.54 bits per heavy atom. The van der Waals surface area contributed by atoms with Crippen molar-refractivity contribution >= 4 is 23.8 Å². The van der Waals surface area contributed by atoms with Crippen LogP contribution in [0.1, 0.15) is 25.7 Å². The van der Waals surface area contributed by atoms with Gasteiger partial charge in [0, 0.05) is 6.04 Å². The molecule has 1 aromatic carbocycles. The van der Waals surface area contributed by atoms with E-state index in [1.54, 1.807) is 12.1 Å². The quantitative estimate of drug-likeness (QED) is 0.588. The summed E-state index contributed by atoms with van der Waals surface area (Å²) < 4.78 is 11.3. The van der Waals surface area contributed by atoms with Gasteiger partial charge in [0.15, 0.2) is 11.5 Å². The Morgan fingerprint density at radius 2 is 1.79 bits per heavy atom. The maximum absolute atomic E-state index is 12.5. The van der Waals surface area contributed by atoms with Crippen molar-refractivity contribution in [1.29, 1.82) is 0 Å². The molecule has 1 atom stereocenters. The van der Waals surface area contributed by atoms with Crippen molar-refractivity contribution < 1.29 is 28.7 Å². The van der Waals surface area contributed by atoms with Crippen molar-refractivity contribution in [1.82, 2.24) is 15.1 Å². The topological polar surface area (TPSA) is 105 Å². The van der Waals surface area contributed by atoms with E-state index in [2.05, 4.69) is 5.32 Å². The lowest BCUT2D eigenvalue weighted by Gasteiger charge is -2.26. The molecule has 4 rings (SSSR count). The van der Waals surface area contributed by atoms with Crippen LogP contribution in [0.15, 0.2) is 24.3 Å². The van der Waals surface area contributed by atoms with Crippen LogP contribution in [0.4, 0.5) is 4.79 Å². The second kappa shape index (κ2) is 7.49. The molecular formula is C19H21N3O6. The van der Waals surface area contributed by atoms with Crippen LogP contribution in [0.3, 0.4) is 0 Å². The molecule has 0 bridgehead atoms. The summed E-state index contributed by atoms with van der Waals surface area (Å²) in [4.78, 5) is 50.7. The molecule has 0 aromatic heterocycles. The molecule has 9 nitrogen and oxygen atoms in total. The van der Waals surface area contributed by atoms with E-state index in [0.29, 0.717) is 29.2 Å². The molecule has 148 valence electrons. The minimum absolute atomic E-state index is 0.156. The number of hydrogen-bond donors (Lipinski definition) is 1. The highest BCUT2D eigenvalue weighted by atomic mass is 16.6. The van der Waals surface area contributed by atoms with Gasteiger partial charge < -0.3 is 14.8 Å². The van der Waals surface area contributed by atoms with Crippen LogP contribution in [-0.4, -0.2) is 65.4 Å². The standard InChI is InChI=1S/C19H21N3O6/c23-16(20-9-13-11-27-14-7-3-4-8-15(14)28-13)10-21-17(24)18(25)22(19(21)26)12-5-1-2-6-12/h3-4,7-8,12-13H,1-2,5-6,9-11H2,(H,20,23)/t13-/m1/s1. The summed E-state index contributed by atoms with van der Waals surface area (Å²) in [5.41, 5.74) is 0. The Morgan fingerprint density at radius 1 is 1.07 bits per heavy atom. The third kappa shape index (κ3) is 3.39. The van der Waals surface area contributed by atoms with Gasteiger partial charge in [-0.25, -0.2) is 9.69 Å². The summed E-state index contributed by atoms with van der Waals surface area (Å²) in [5, 5.41) is 2.63. The van der Waals surface area contributed by atoms with Crippen molar-refractivity contribution in [3.8, 4) is 11.5 Å². The van der Waals surface area contributed by atoms with Gasteiger partial charge in [-0.2, -0.15) is 0 Å². The minimum atomic E-state index is -0.946. The summed E-state index contributed by atoms with van der Waals surface area (Å²) in [6.07, 6.45) is 2.85. The molecule has 9 heteroatoms. The van der Waals surface area contributed by atoms with Crippen LogP contribution < -0.4 is 14.8 Å². The maximum Gasteiger partial charge on any atom is 0.334 e. The molecule has 0 spiro atoms. The molecule has 2 aliphatic heterocycles. The molecule has 0 radical (unpaired) electrons. The predicted molar refractivity (Wildman–Crippen MR) is 95.6 cm³/mol. The van der Waals surface area contributed by atoms with Crippen molar-refractivity contribution in [3.63, 3.8) is 0 Å². The average Bonchev–Trinajstić information content (AvgIpc) is 3.29. The molecule has 1 aromatic rings. The predicted octanol–water partition coefficient (Wildman–Crippen LogP) is 0.676. The lowest BCUT2D eigenvalue weighted by molar-refractivity contribution is -0.144. The molecule has 1 saturated heterocycles. The third-order valence-corrected chi connectivity index (χ3v) is 5.17.